The van der Waals surface area contributed by atoms with E-state index >= 15 is 0 Å². The van der Waals surface area contributed by atoms with Crippen LogP contribution in [0.5, 0.6) is 0 Å². The Morgan fingerprint density at radius 2 is 1.87 bits per heavy atom. The van der Waals surface area contributed by atoms with E-state index in [1.54, 1.807) is 17.9 Å². The largest absolute Gasteiger partial charge is 0.477 e. The van der Waals surface area contributed by atoms with Gasteiger partial charge in [-0.2, -0.15) is 0 Å². The minimum absolute atomic E-state index is 0.0103. The number of nitrogens with zero attached hydrogens (tertiary/aromatic N) is 1. The smallest absolute Gasteiger partial charge is 0.348 e. The molecule has 2 fully saturated rings. The predicted octanol–water partition coefficient (Wildman–Crippen LogP) is 4.92. The Morgan fingerprint density at radius 1 is 1.20 bits per heavy atom. The third kappa shape index (κ3) is 5.07. The molecule has 1 amide bonds. The number of hydrogen-bond donors (Lipinski definition) is 2. The van der Waals surface area contributed by atoms with Gasteiger partial charge in [-0.1, -0.05) is 31.1 Å². The van der Waals surface area contributed by atoms with Crippen LogP contribution in [0.4, 0.5) is 5.69 Å². The molecule has 5 nitrogen and oxygen atoms in total. The predicted molar refractivity (Wildman–Crippen MR) is 120 cm³/mol. The maximum Gasteiger partial charge on any atom is 0.348 e. The summed E-state index contributed by atoms with van der Waals surface area (Å²) in [5, 5.41) is 20.1. The molecule has 3 rings (SSSR count). The Hall–Kier alpha value is -1.84. The van der Waals surface area contributed by atoms with Crippen molar-refractivity contribution in [1.29, 1.82) is 0 Å². The van der Waals surface area contributed by atoms with Gasteiger partial charge in [-0.25, -0.2) is 4.79 Å². The fourth-order valence-electron chi connectivity index (χ4n) is 4.68. The molecule has 1 saturated carbocycles. The highest BCUT2D eigenvalue weighted by atomic mass is 32.1. The third-order valence-corrected chi connectivity index (χ3v) is 7.19. The fraction of sp³-hybridized carbons (Fsp3) is 0.667. The number of carboxylic acid groups (broad SMARTS) is 1. The second-order valence-corrected chi connectivity index (χ2v) is 10.8. The summed E-state index contributed by atoms with van der Waals surface area (Å²) in [6.07, 6.45) is 6.36. The number of anilines is 1. The number of carboxylic acids is 1. The number of amides is 1. The normalized spacial score (nSPS) is 24.3. The van der Waals surface area contributed by atoms with Crippen LogP contribution in [0.15, 0.2) is 6.07 Å². The highest BCUT2D eigenvalue weighted by Crippen LogP contribution is 2.42. The second-order valence-electron chi connectivity index (χ2n) is 9.73. The van der Waals surface area contributed by atoms with Crippen LogP contribution in [0, 0.1) is 29.1 Å². The Balaban J connectivity index is 2.05. The maximum atomic E-state index is 13.5. The van der Waals surface area contributed by atoms with Gasteiger partial charge < -0.3 is 15.1 Å². The summed E-state index contributed by atoms with van der Waals surface area (Å²) in [4.78, 5) is 28.1. The van der Waals surface area contributed by atoms with Crippen molar-refractivity contribution in [3.05, 3.63) is 15.8 Å². The molecule has 1 aliphatic heterocycles. The summed E-state index contributed by atoms with van der Waals surface area (Å²) in [5.74, 6) is 4.96. The van der Waals surface area contributed by atoms with Crippen molar-refractivity contribution in [2.24, 2.45) is 17.3 Å². The van der Waals surface area contributed by atoms with Crippen molar-refractivity contribution >= 4 is 28.9 Å². The molecule has 164 valence electrons. The third-order valence-electron chi connectivity index (χ3n) is 6.16. The van der Waals surface area contributed by atoms with Gasteiger partial charge in [0, 0.05) is 11.5 Å². The van der Waals surface area contributed by atoms with Crippen LogP contribution in [0.1, 0.15) is 87.2 Å². The standard InChI is InChI=1S/C24H33NO4S/c1-15(26)18-10-11-19(16-8-6-5-7-9-16)25(22(18)27)20-14-17(12-13-24(2,3)4)30-21(20)23(28)29/h14-16,18-19,26H,5-11H2,1-4H3,(H,28,29). The summed E-state index contributed by atoms with van der Waals surface area (Å²) in [6, 6.07) is 1.76. The van der Waals surface area contributed by atoms with Crippen molar-refractivity contribution in [3.63, 3.8) is 0 Å². The van der Waals surface area contributed by atoms with E-state index in [4.69, 9.17) is 0 Å². The van der Waals surface area contributed by atoms with Gasteiger partial charge >= 0.3 is 5.97 Å². The highest BCUT2D eigenvalue weighted by Gasteiger charge is 2.43. The minimum atomic E-state index is -1.03. The summed E-state index contributed by atoms with van der Waals surface area (Å²) in [6.45, 7) is 7.67. The van der Waals surface area contributed by atoms with Crippen molar-refractivity contribution in [3.8, 4) is 11.8 Å². The Morgan fingerprint density at radius 3 is 2.43 bits per heavy atom. The van der Waals surface area contributed by atoms with Crippen LogP contribution in [-0.2, 0) is 4.79 Å². The molecule has 1 saturated heterocycles. The lowest BCUT2D eigenvalue weighted by Crippen LogP contribution is -2.54. The molecule has 1 aromatic heterocycles. The van der Waals surface area contributed by atoms with Gasteiger partial charge in [-0.05, 0) is 65.4 Å². The minimum Gasteiger partial charge on any atom is -0.477 e. The molecule has 2 aliphatic rings. The molecule has 1 aromatic rings. The molecule has 1 aliphatic carbocycles. The average molecular weight is 432 g/mol. The van der Waals surface area contributed by atoms with E-state index in [2.05, 4.69) is 11.8 Å². The number of aliphatic hydroxyl groups is 1. The number of thiophene rings is 1. The van der Waals surface area contributed by atoms with Crippen LogP contribution >= 0.6 is 11.3 Å². The van der Waals surface area contributed by atoms with Crippen LogP contribution < -0.4 is 4.90 Å². The lowest BCUT2D eigenvalue weighted by molar-refractivity contribution is -0.128. The summed E-state index contributed by atoms with van der Waals surface area (Å²) in [5.41, 5.74) is 0.257. The Kier molecular flexibility index (Phi) is 6.94. The van der Waals surface area contributed by atoms with Gasteiger partial charge in [0.25, 0.3) is 0 Å². The first-order valence-corrected chi connectivity index (χ1v) is 11.8. The zero-order chi connectivity index (χ0) is 22.1. The van der Waals surface area contributed by atoms with E-state index in [1.807, 2.05) is 20.8 Å². The first-order chi connectivity index (χ1) is 14.1. The second kappa shape index (κ2) is 9.11. The monoisotopic (exact) mass is 431 g/mol. The molecule has 0 radical (unpaired) electrons. The molecule has 6 heteroatoms. The first kappa shape index (κ1) is 22.8. The van der Waals surface area contributed by atoms with E-state index in [9.17, 15) is 19.8 Å². The highest BCUT2D eigenvalue weighted by molar-refractivity contribution is 7.15. The first-order valence-electron chi connectivity index (χ1n) is 11.0. The van der Waals surface area contributed by atoms with Crippen LogP contribution in [0.25, 0.3) is 0 Å². The number of aromatic carboxylic acids is 1. The van der Waals surface area contributed by atoms with E-state index in [-0.39, 0.29) is 22.2 Å². The van der Waals surface area contributed by atoms with E-state index < -0.39 is 18.0 Å². The lowest BCUT2D eigenvalue weighted by Gasteiger charge is -2.44. The maximum absolute atomic E-state index is 13.5. The molecule has 0 spiro atoms. The lowest BCUT2D eigenvalue weighted by atomic mass is 9.77. The van der Waals surface area contributed by atoms with Crippen molar-refractivity contribution in [2.75, 3.05) is 4.90 Å². The molecule has 3 atom stereocenters. The van der Waals surface area contributed by atoms with E-state index in [0.717, 1.165) is 43.4 Å². The number of carbonyl (C=O) groups is 2. The Bertz CT molecular complexity index is 849. The molecular formula is C24H33NO4S. The summed E-state index contributed by atoms with van der Waals surface area (Å²) in [7, 11) is 0. The summed E-state index contributed by atoms with van der Waals surface area (Å²) < 4.78 is 0. The molecule has 0 aromatic carbocycles. The number of hydrogen-bond acceptors (Lipinski definition) is 4. The summed E-state index contributed by atoms with van der Waals surface area (Å²) >= 11 is 1.13. The van der Waals surface area contributed by atoms with Gasteiger partial charge in [0.2, 0.25) is 5.91 Å². The van der Waals surface area contributed by atoms with Gasteiger partial charge in [0.05, 0.1) is 22.6 Å². The molecule has 2 N–H and O–H groups in total. The molecular weight excluding hydrogens is 398 g/mol. The number of rotatable bonds is 4. The van der Waals surface area contributed by atoms with E-state index in [1.165, 1.54) is 6.42 Å². The molecule has 3 unspecified atom stereocenters. The van der Waals surface area contributed by atoms with Crippen LogP contribution in [0.2, 0.25) is 0 Å². The van der Waals surface area contributed by atoms with Crippen LogP contribution in [0.3, 0.4) is 0 Å². The number of carbonyl (C=O) groups excluding carboxylic acids is 1. The number of aliphatic hydroxyl groups excluding tert-OH is 1. The zero-order valence-electron chi connectivity index (χ0n) is 18.4. The van der Waals surface area contributed by atoms with Crippen molar-refractivity contribution < 1.29 is 19.8 Å². The van der Waals surface area contributed by atoms with Gasteiger partial charge in [-0.3, -0.25) is 4.79 Å². The van der Waals surface area contributed by atoms with Crippen molar-refractivity contribution in [2.45, 2.75) is 84.8 Å². The topological polar surface area (TPSA) is 77.8 Å². The van der Waals surface area contributed by atoms with Crippen LogP contribution in [-0.4, -0.2) is 34.2 Å². The molecule has 0 bridgehead atoms. The zero-order valence-corrected chi connectivity index (χ0v) is 19.2. The average Bonchev–Trinajstić information content (AvgIpc) is 3.10. The van der Waals surface area contributed by atoms with Gasteiger partial charge in [0.15, 0.2) is 0 Å². The van der Waals surface area contributed by atoms with Crippen molar-refractivity contribution in [1.82, 2.24) is 0 Å². The molecule has 2 heterocycles. The van der Waals surface area contributed by atoms with Gasteiger partial charge in [0.1, 0.15) is 4.88 Å². The van der Waals surface area contributed by atoms with E-state index in [0.29, 0.717) is 22.9 Å². The van der Waals surface area contributed by atoms with Gasteiger partial charge in [-0.15, -0.1) is 11.3 Å². The number of piperidine rings is 1. The fourth-order valence-corrected chi connectivity index (χ4v) is 5.52. The SMILES string of the molecule is CC(O)C1CCC(C2CCCCC2)N(c2cc(C#CC(C)(C)C)sc2C(=O)O)C1=O. The quantitative estimate of drug-likeness (QED) is 0.664. The molecule has 30 heavy (non-hydrogen) atoms. The Labute approximate surface area is 183 Å².